The average molecular weight is 464 g/mol. The van der Waals surface area contributed by atoms with Gasteiger partial charge in [0.1, 0.15) is 25.3 Å². The van der Waals surface area contributed by atoms with E-state index in [1.165, 1.54) is 0 Å². The summed E-state index contributed by atoms with van der Waals surface area (Å²) in [6.45, 7) is 2.62. The molecule has 3 aliphatic rings. The summed E-state index contributed by atoms with van der Waals surface area (Å²) in [5, 5.41) is 5.40. The van der Waals surface area contributed by atoms with Crippen LogP contribution in [0.25, 0.3) is 0 Å². The molecule has 2 aromatic rings. The van der Waals surface area contributed by atoms with Crippen molar-refractivity contribution in [2.45, 2.75) is 25.3 Å². The van der Waals surface area contributed by atoms with E-state index >= 15 is 0 Å². The van der Waals surface area contributed by atoms with E-state index in [2.05, 4.69) is 10.6 Å². The Hall–Kier alpha value is -4.08. The average Bonchev–Trinajstić information content (AvgIpc) is 3.35. The number of amides is 5. The summed E-state index contributed by atoms with van der Waals surface area (Å²) in [6.07, 6.45) is 1.30. The third kappa shape index (κ3) is 3.81. The number of urea groups is 1. The van der Waals surface area contributed by atoms with Gasteiger partial charge in [-0.2, -0.15) is 0 Å². The molecule has 34 heavy (non-hydrogen) atoms. The fourth-order valence-electron chi connectivity index (χ4n) is 4.41. The van der Waals surface area contributed by atoms with Crippen LogP contribution in [-0.4, -0.2) is 55.0 Å². The van der Waals surface area contributed by atoms with E-state index in [0.717, 1.165) is 11.3 Å². The van der Waals surface area contributed by atoms with Gasteiger partial charge in [-0.1, -0.05) is 12.1 Å². The smallest absolute Gasteiger partial charge is 0.325 e. The van der Waals surface area contributed by atoms with Crippen molar-refractivity contribution in [3.8, 4) is 11.5 Å². The maximum absolute atomic E-state index is 13.2. The molecule has 10 heteroatoms. The molecule has 1 atom stereocenters. The number of ether oxygens (including phenoxy) is 2. The summed E-state index contributed by atoms with van der Waals surface area (Å²) in [5.41, 5.74) is 0.356. The minimum Gasteiger partial charge on any atom is -0.486 e. The number of rotatable bonds is 5. The Morgan fingerprint density at radius 2 is 1.88 bits per heavy atom. The van der Waals surface area contributed by atoms with E-state index < -0.39 is 29.9 Å². The van der Waals surface area contributed by atoms with Crippen molar-refractivity contribution in [1.82, 2.24) is 10.2 Å². The molecule has 0 radical (unpaired) electrons. The van der Waals surface area contributed by atoms with Gasteiger partial charge < -0.3 is 25.0 Å². The number of nitrogens with one attached hydrogen (secondary N) is 2. The topological polar surface area (TPSA) is 117 Å². The first kappa shape index (κ1) is 21.7. The molecule has 2 saturated heterocycles. The summed E-state index contributed by atoms with van der Waals surface area (Å²) in [4.78, 5) is 53.1. The molecule has 0 aromatic heterocycles. The summed E-state index contributed by atoms with van der Waals surface area (Å²) in [6, 6.07) is 11.3. The van der Waals surface area contributed by atoms with Crippen LogP contribution < -0.4 is 25.0 Å². The third-order valence-corrected chi connectivity index (χ3v) is 6.21. The van der Waals surface area contributed by atoms with Gasteiger partial charge in [0.2, 0.25) is 11.8 Å². The number of hydrogen-bond acceptors (Lipinski definition) is 6. The zero-order valence-electron chi connectivity index (χ0n) is 18.6. The molecule has 5 rings (SSSR count). The molecule has 10 nitrogen and oxygen atoms in total. The lowest BCUT2D eigenvalue weighted by atomic mass is 9.91. The second-order valence-corrected chi connectivity index (χ2v) is 8.55. The Bertz CT molecular complexity index is 1200. The van der Waals surface area contributed by atoms with Crippen LogP contribution in [0.3, 0.4) is 0 Å². The Kier molecular flexibility index (Phi) is 5.35. The molecule has 2 fully saturated rings. The molecule has 3 heterocycles. The fourth-order valence-corrected chi connectivity index (χ4v) is 4.41. The van der Waals surface area contributed by atoms with E-state index in [-0.39, 0.29) is 5.91 Å². The van der Waals surface area contributed by atoms with Crippen LogP contribution in [0.15, 0.2) is 42.5 Å². The lowest BCUT2D eigenvalue weighted by Crippen LogP contribution is -2.42. The van der Waals surface area contributed by atoms with Crippen LogP contribution in [0.2, 0.25) is 0 Å². The minimum absolute atomic E-state index is 0.0428. The van der Waals surface area contributed by atoms with Crippen molar-refractivity contribution in [2.75, 3.05) is 36.5 Å². The second-order valence-electron chi connectivity index (χ2n) is 8.55. The molecule has 176 valence electrons. The molecule has 2 N–H and O–H groups in total. The van der Waals surface area contributed by atoms with E-state index in [9.17, 15) is 19.2 Å². The van der Waals surface area contributed by atoms with E-state index in [0.29, 0.717) is 54.6 Å². The molecular weight excluding hydrogens is 440 g/mol. The van der Waals surface area contributed by atoms with Crippen LogP contribution in [-0.2, 0) is 19.9 Å². The monoisotopic (exact) mass is 464 g/mol. The molecule has 3 aliphatic heterocycles. The van der Waals surface area contributed by atoms with Gasteiger partial charge >= 0.3 is 6.03 Å². The van der Waals surface area contributed by atoms with Gasteiger partial charge in [-0.15, -0.1) is 0 Å². The lowest BCUT2D eigenvalue weighted by Gasteiger charge is -2.25. The quantitative estimate of drug-likeness (QED) is 0.654. The number of imide groups is 1. The van der Waals surface area contributed by atoms with Crippen LogP contribution in [0.1, 0.15) is 25.3 Å². The van der Waals surface area contributed by atoms with E-state index in [1.807, 2.05) is 0 Å². The molecular formula is C24H24N4O6. The standard InChI is InChI=1S/C24H24N4O6/c1-24(15-7-8-18-19(12-15)34-11-10-33-18)22(31)28(23(32)26-24)14-20(29)25-16-4-2-5-17(13-16)27-9-3-6-21(27)30/h2,4-5,7-8,12-13H,3,6,9-11,14H2,1H3,(H,25,29)(H,26,32)/t24-/m0/s1. The fraction of sp³-hybridized carbons (Fsp3) is 0.333. The molecule has 0 bridgehead atoms. The van der Waals surface area contributed by atoms with Gasteiger partial charge in [0, 0.05) is 24.3 Å². The van der Waals surface area contributed by atoms with Gasteiger partial charge in [0.05, 0.1) is 0 Å². The summed E-state index contributed by atoms with van der Waals surface area (Å²) in [5.74, 6) is 0.0471. The van der Waals surface area contributed by atoms with Crippen LogP contribution in [0.4, 0.5) is 16.2 Å². The number of nitrogens with zero attached hydrogens (tertiary/aromatic N) is 2. The van der Waals surface area contributed by atoms with Crippen LogP contribution in [0, 0.1) is 0 Å². The lowest BCUT2D eigenvalue weighted by molar-refractivity contribution is -0.133. The van der Waals surface area contributed by atoms with E-state index in [1.54, 1.807) is 54.3 Å². The molecule has 0 unspecified atom stereocenters. The Morgan fingerprint density at radius 3 is 2.65 bits per heavy atom. The van der Waals surface area contributed by atoms with Crippen LogP contribution >= 0.6 is 0 Å². The Labute approximate surface area is 195 Å². The number of fused-ring (bicyclic) bond motifs is 1. The number of anilines is 2. The van der Waals surface area contributed by atoms with Gasteiger partial charge in [-0.3, -0.25) is 19.3 Å². The normalized spacial score (nSPS) is 21.6. The third-order valence-electron chi connectivity index (χ3n) is 6.21. The molecule has 0 aliphatic carbocycles. The van der Waals surface area contributed by atoms with Gasteiger partial charge in [0.25, 0.3) is 5.91 Å². The van der Waals surface area contributed by atoms with Crippen molar-refractivity contribution >= 4 is 35.1 Å². The zero-order chi connectivity index (χ0) is 23.9. The molecule has 0 saturated carbocycles. The first-order valence-electron chi connectivity index (χ1n) is 11.1. The van der Waals surface area contributed by atoms with E-state index in [4.69, 9.17) is 9.47 Å². The molecule has 5 amide bonds. The van der Waals surface area contributed by atoms with Crippen molar-refractivity contribution in [2.24, 2.45) is 0 Å². The summed E-state index contributed by atoms with van der Waals surface area (Å²) in [7, 11) is 0. The van der Waals surface area contributed by atoms with Crippen molar-refractivity contribution < 1.29 is 28.7 Å². The highest BCUT2D eigenvalue weighted by Gasteiger charge is 2.49. The van der Waals surface area contributed by atoms with Gasteiger partial charge in [-0.25, -0.2) is 4.79 Å². The van der Waals surface area contributed by atoms with Crippen molar-refractivity contribution in [3.63, 3.8) is 0 Å². The maximum atomic E-state index is 13.2. The number of carbonyl (C=O) groups is 4. The largest absolute Gasteiger partial charge is 0.486 e. The number of carbonyl (C=O) groups excluding carboxylic acids is 4. The highest BCUT2D eigenvalue weighted by atomic mass is 16.6. The van der Waals surface area contributed by atoms with Crippen LogP contribution in [0.5, 0.6) is 11.5 Å². The zero-order valence-corrected chi connectivity index (χ0v) is 18.6. The maximum Gasteiger partial charge on any atom is 0.325 e. The van der Waals surface area contributed by atoms with Gasteiger partial charge in [0.15, 0.2) is 11.5 Å². The van der Waals surface area contributed by atoms with Gasteiger partial charge in [-0.05, 0) is 49.2 Å². The number of benzene rings is 2. The minimum atomic E-state index is -1.34. The Balaban J connectivity index is 1.29. The molecule has 2 aromatic carbocycles. The predicted molar refractivity (Wildman–Crippen MR) is 122 cm³/mol. The summed E-state index contributed by atoms with van der Waals surface area (Å²) >= 11 is 0. The van der Waals surface area contributed by atoms with Crippen molar-refractivity contribution in [3.05, 3.63) is 48.0 Å². The molecule has 0 spiro atoms. The first-order valence-corrected chi connectivity index (χ1v) is 11.1. The SMILES string of the molecule is C[C@@]1(c2ccc3c(c2)OCCO3)NC(=O)N(CC(=O)Nc2cccc(N3CCCC3=O)c2)C1=O. The predicted octanol–water partition coefficient (Wildman–Crippen LogP) is 1.99. The Morgan fingerprint density at radius 1 is 1.09 bits per heavy atom. The van der Waals surface area contributed by atoms with Crippen molar-refractivity contribution in [1.29, 1.82) is 0 Å². The highest BCUT2D eigenvalue weighted by molar-refractivity contribution is 6.10. The summed E-state index contributed by atoms with van der Waals surface area (Å²) < 4.78 is 11.1. The number of hydrogen-bond donors (Lipinski definition) is 2. The first-order chi connectivity index (χ1) is 16.3. The highest BCUT2D eigenvalue weighted by Crippen LogP contribution is 2.36. The second kappa shape index (κ2) is 8.36.